The molecule has 0 aliphatic carbocycles. The van der Waals surface area contributed by atoms with Crippen LogP contribution in [0.2, 0.25) is 0 Å². The summed E-state index contributed by atoms with van der Waals surface area (Å²) < 4.78 is 12.7. The van der Waals surface area contributed by atoms with Crippen LogP contribution >= 0.6 is 11.8 Å². The number of hydrogen-bond acceptors (Lipinski definition) is 3. The Morgan fingerprint density at radius 1 is 1.38 bits per heavy atom. The van der Waals surface area contributed by atoms with Gasteiger partial charge in [0, 0.05) is 5.56 Å². The van der Waals surface area contributed by atoms with Crippen molar-refractivity contribution in [3.05, 3.63) is 30.1 Å². The molecular weight excluding hydrogens is 225 g/mol. The highest BCUT2D eigenvalue weighted by atomic mass is 32.2. The van der Waals surface area contributed by atoms with E-state index in [4.69, 9.17) is 6.42 Å². The van der Waals surface area contributed by atoms with E-state index in [0.29, 0.717) is 16.7 Å². The normalized spacial score (nSPS) is 10.0. The van der Waals surface area contributed by atoms with Crippen molar-refractivity contribution in [2.45, 2.75) is 5.16 Å². The van der Waals surface area contributed by atoms with Crippen LogP contribution < -0.4 is 0 Å². The first-order valence-electron chi connectivity index (χ1n) is 4.54. The molecule has 0 atom stereocenters. The van der Waals surface area contributed by atoms with E-state index in [-0.39, 0.29) is 5.82 Å². The average Bonchev–Trinajstić information content (AvgIpc) is 2.76. The molecule has 2 aromatic rings. The summed E-state index contributed by atoms with van der Waals surface area (Å²) in [5.41, 5.74) is 0.793. The molecule has 16 heavy (non-hydrogen) atoms. The van der Waals surface area contributed by atoms with Crippen molar-refractivity contribution in [1.29, 1.82) is 0 Å². The number of rotatable bonds is 3. The van der Waals surface area contributed by atoms with Gasteiger partial charge in [0.1, 0.15) is 5.82 Å². The maximum atomic E-state index is 12.7. The van der Waals surface area contributed by atoms with Crippen LogP contribution in [-0.2, 0) is 0 Å². The van der Waals surface area contributed by atoms with E-state index in [1.165, 1.54) is 23.9 Å². The highest BCUT2D eigenvalue weighted by Crippen LogP contribution is 2.18. The maximum Gasteiger partial charge on any atom is 0.209 e. The van der Waals surface area contributed by atoms with Crippen molar-refractivity contribution in [3.8, 4) is 23.7 Å². The van der Waals surface area contributed by atoms with E-state index in [1.54, 1.807) is 12.1 Å². The molecule has 0 fully saturated rings. The Kier molecular flexibility index (Phi) is 3.22. The van der Waals surface area contributed by atoms with Crippen molar-refractivity contribution < 1.29 is 4.39 Å². The SMILES string of the molecule is C#CCSc1n[nH]c(-c2ccc(F)cc2)n1. The molecule has 1 N–H and O–H groups in total. The molecule has 0 saturated heterocycles. The van der Waals surface area contributed by atoms with Gasteiger partial charge in [-0.2, -0.15) is 0 Å². The third-order valence-corrected chi connectivity index (χ3v) is 2.62. The zero-order valence-electron chi connectivity index (χ0n) is 8.27. The zero-order chi connectivity index (χ0) is 11.4. The molecule has 1 aromatic carbocycles. The lowest BCUT2D eigenvalue weighted by Crippen LogP contribution is -1.81. The summed E-state index contributed by atoms with van der Waals surface area (Å²) in [5, 5.41) is 7.36. The van der Waals surface area contributed by atoms with Crippen LogP contribution in [0.15, 0.2) is 29.4 Å². The Bertz CT molecular complexity index is 513. The van der Waals surface area contributed by atoms with Gasteiger partial charge in [0.2, 0.25) is 5.16 Å². The smallest absolute Gasteiger partial charge is 0.209 e. The van der Waals surface area contributed by atoms with Crippen LogP contribution in [0, 0.1) is 18.2 Å². The second-order valence-corrected chi connectivity index (χ2v) is 3.91. The van der Waals surface area contributed by atoms with Crippen LogP contribution in [0.1, 0.15) is 0 Å². The standard InChI is InChI=1S/C11H8FN3S/c1-2-7-16-11-13-10(14-15-11)8-3-5-9(12)6-4-8/h1,3-6H,7H2,(H,13,14,15). The predicted octanol–water partition coefficient (Wildman–Crippen LogP) is 2.34. The van der Waals surface area contributed by atoms with Gasteiger partial charge < -0.3 is 0 Å². The lowest BCUT2D eigenvalue weighted by molar-refractivity contribution is 0.628. The molecule has 0 bridgehead atoms. The average molecular weight is 233 g/mol. The first-order valence-corrected chi connectivity index (χ1v) is 5.53. The summed E-state index contributed by atoms with van der Waals surface area (Å²) in [6.07, 6.45) is 5.13. The lowest BCUT2D eigenvalue weighted by Gasteiger charge is -1.94. The predicted molar refractivity (Wildman–Crippen MR) is 61.3 cm³/mol. The molecule has 0 spiro atoms. The molecule has 0 aliphatic heterocycles. The van der Waals surface area contributed by atoms with Gasteiger partial charge >= 0.3 is 0 Å². The largest absolute Gasteiger partial charge is 0.258 e. The molecule has 3 nitrogen and oxygen atoms in total. The van der Waals surface area contributed by atoms with E-state index < -0.39 is 0 Å². The number of H-pyrrole nitrogens is 1. The Balaban J connectivity index is 2.18. The van der Waals surface area contributed by atoms with E-state index in [9.17, 15) is 4.39 Å². The fraction of sp³-hybridized carbons (Fsp3) is 0.0909. The number of hydrogen-bond donors (Lipinski definition) is 1. The minimum absolute atomic E-state index is 0.273. The molecule has 1 heterocycles. The van der Waals surface area contributed by atoms with Gasteiger partial charge in [-0.05, 0) is 24.3 Å². The van der Waals surface area contributed by atoms with Crippen molar-refractivity contribution >= 4 is 11.8 Å². The van der Waals surface area contributed by atoms with Gasteiger partial charge in [-0.15, -0.1) is 11.5 Å². The highest BCUT2D eigenvalue weighted by Gasteiger charge is 2.05. The number of benzene rings is 1. The van der Waals surface area contributed by atoms with Crippen LogP contribution in [0.5, 0.6) is 0 Å². The van der Waals surface area contributed by atoms with Gasteiger partial charge in [0.15, 0.2) is 5.82 Å². The molecule has 0 radical (unpaired) electrons. The Morgan fingerprint density at radius 2 is 2.12 bits per heavy atom. The lowest BCUT2D eigenvalue weighted by atomic mass is 10.2. The fourth-order valence-corrected chi connectivity index (χ4v) is 1.63. The van der Waals surface area contributed by atoms with Crippen LogP contribution in [0.4, 0.5) is 4.39 Å². The van der Waals surface area contributed by atoms with E-state index in [2.05, 4.69) is 21.1 Å². The summed E-state index contributed by atoms with van der Waals surface area (Å²) in [6, 6.07) is 6.05. The molecule has 2 rings (SSSR count). The van der Waals surface area contributed by atoms with Crippen molar-refractivity contribution in [2.75, 3.05) is 5.75 Å². The van der Waals surface area contributed by atoms with E-state index >= 15 is 0 Å². The number of thioether (sulfide) groups is 1. The topological polar surface area (TPSA) is 41.6 Å². The molecule has 80 valence electrons. The molecular formula is C11H8FN3S. The Hall–Kier alpha value is -1.80. The van der Waals surface area contributed by atoms with Crippen molar-refractivity contribution in [3.63, 3.8) is 0 Å². The first-order chi connectivity index (χ1) is 7.79. The summed E-state index contributed by atoms with van der Waals surface area (Å²) in [7, 11) is 0. The Labute approximate surface area is 96.5 Å². The molecule has 1 aromatic heterocycles. The highest BCUT2D eigenvalue weighted by molar-refractivity contribution is 7.99. The van der Waals surface area contributed by atoms with Crippen molar-refractivity contribution in [1.82, 2.24) is 15.2 Å². The summed E-state index contributed by atoms with van der Waals surface area (Å²) in [4.78, 5) is 4.23. The fourth-order valence-electron chi connectivity index (χ4n) is 1.15. The van der Waals surface area contributed by atoms with Crippen LogP contribution in [0.25, 0.3) is 11.4 Å². The quantitative estimate of drug-likeness (QED) is 0.653. The van der Waals surface area contributed by atoms with Crippen LogP contribution in [0.3, 0.4) is 0 Å². The number of nitrogens with zero attached hydrogens (tertiary/aromatic N) is 2. The number of terminal acetylenes is 1. The third-order valence-electron chi connectivity index (χ3n) is 1.87. The Morgan fingerprint density at radius 3 is 2.81 bits per heavy atom. The second kappa shape index (κ2) is 4.81. The third kappa shape index (κ3) is 2.41. The summed E-state index contributed by atoms with van der Waals surface area (Å²) in [5.74, 6) is 3.36. The van der Waals surface area contributed by atoms with Gasteiger partial charge in [0.05, 0.1) is 5.75 Å². The second-order valence-electron chi connectivity index (χ2n) is 2.97. The molecule has 0 aliphatic rings. The molecule has 0 saturated carbocycles. The van der Waals surface area contributed by atoms with E-state index in [0.717, 1.165) is 5.56 Å². The monoisotopic (exact) mass is 233 g/mol. The molecule has 0 amide bonds. The number of aromatic nitrogens is 3. The number of halogens is 1. The minimum atomic E-state index is -0.273. The van der Waals surface area contributed by atoms with Crippen molar-refractivity contribution in [2.24, 2.45) is 0 Å². The van der Waals surface area contributed by atoms with Gasteiger partial charge in [0.25, 0.3) is 0 Å². The summed E-state index contributed by atoms with van der Waals surface area (Å²) in [6.45, 7) is 0. The minimum Gasteiger partial charge on any atom is -0.258 e. The van der Waals surface area contributed by atoms with Crippen LogP contribution in [-0.4, -0.2) is 20.9 Å². The van der Waals surface area contributed by atoms with Gasteiger partial charge in [-0.3, -0.25) is 5.10 Å². The van der Waals surface area contributed by atoms with Gasteiger partial charge in [-0.1, -0.05) is 17.7 Å². The summed E-state index contributed by atoms with van der Waals surface area (Å²) >= 11 is 1.38. The number of aromatic amines is 1. The van der Waals surface area contributed by atoms with E-state index in [1.807, 2.05) is 0 Å². The molecule has 5 heteroatoms. The maximum absolute atomic E-state index is 12.7. The first kappa shape index (κ1) is 10.7. The molecule has 0 unspecified atom stereocenters. The number of nitrogens with one attached hydrogen (secondary N) is 1. The zero-order valence-corrected chi connectivity index (χ0v) is 9.09. The van der Waals surface area contributed by atoms with Gasteiger partial charge in [-0.25, -0.2) is 9.37 Å².